The maximum atomic E-state index is 13.8. The number of rotatable bonds is 6. The van der Waals surface area contributed by atoms with E-state index >= 15 is 0 Å². The molecule has 1 saturated heterocycles. The number of halogens is 3. The van der Waals surface area contributed by atoms with Crippen LogP contribution in [0.1, 0.15) is 24.5 Å². The molecule has 1 aliphatic rings. The summed E-state index contributed by atoms with van der Waals surface area (Å²) in [5.41, 5.74) is 1.75. The maximum Gasteiger partial charge on any atom is 0.193 e. The molecule has 1 aromatic heterocycles. The predicted octanol–water partition coefficient (Wildman–Crippen LogP) is 3.39. The van der Waals surface area contributed by atoms with Gasteiger partial charge < -0.3 is 10.2 Å². The van der Waals surface area contributed by atoms with Gasteiger partial charge in [-0.1, -0.05) is 6.07 Å². The van der Waals surface area contributed by atoms with Crippen LogP contribution in [-0.4, -0.2) is 46.8 Å². The van der Waals surface area contributed by atoms with Gasteiger partial charge in [-0.15, -0.1) is 24.0 Å². The number of aryl methyl sites for hydroxylation is 1. The van der Waals surface area contributed by atoms with Crippen LogP contribution in [0.5, 0.6) is 0 Å². The summed E-state index contributed by atoms with van der Waals surface area (Å²) in [6.45, 7) is 5.20. The van der Waals surface area contributed by atoms with Crippen molar-refractivity contribution >= 4 is 29.9 Å². The minimum absolute atomic E-state index is 0. The second-order valence-corrected chi connectivity index (χ2v) is 7.05. The Hall–Kier alpha value is -1.71. The number of nitrogens with one attached hydrogen (secondary N) is 1. The highest BCUT2D eigenvalue weighted by molar-refractivity contribution is 14.0. The predicted molar refractivity (Wildman–Crippen MR) is 118 cm³/mol. The minimum atomic E-state index is -0.551. The standard InChI is InChI=1S/C20H27F2N5.HI/c1-3-23-20(24-8-6-17-4-5-18(21)11-19(17)22)27-9-7-15(14-27)10-16-12-25-26(2)13-16;/h4-5,11-13,15H,3,6-10,14H2,1-2H3,(H,23,24);1H. The lowest BCUT2D eigenvalue weighted by Gasteiger charge is -2.21. The molecule has 1 N–H and O–H groups in total. The molecule has 28 heavy (non-hydrogen) atoms. The summed E-state index contributed by atoms with van der Waals surface area (Å²) >= 11 is 0. The van der Waals surface area contributed by atoms with E-state index in [4.69, 9.17) is 0 Å². The van der Waals surface area contributed by atoms with Crippen molar-refractivity contribution in [1.82, 2.24) is 20.0 Å². The Morgan fingerprint density at radius 1 is 1.36 bits per heavy atom. The summed E-state index contributed by atoms with van der Waals surface area (Å²) in [7, 11) is 1.93. The van der Waals surface area contributed by atoms with Crippen LogP contribution >= 0.6 is 24.0 Å². The van der Waals surface area contributed by atoms with E-state index in [2.05, 4.69) is 26.5 Å². The van der Waals surface area contributed by atoms with E-state index in [1.807, 2.05) is 24.9 Å². The normalized spacial score (nSPS) is 16.9. The Morgan fingerprint density at radius 2 is 2.18 bits per heavy atom. The molecule has 1 aromatic carbocycles. The van der Waals surface area contributed by atoms with E-state index in [9.17, 15) is 8.78 Å². The van der Waals surface area contributed by atoms with Crippen LogP contribution in [0.4, 0.5) is 8.78 Å². The van der Waals surface area contributed by atoms with E-state index in [0.29, 0.717) is 24.4 Å². The van der Waals surface area contributed by atoms with Crippen molar-refractivity contribution < 1.29 is 8.78 Å². The number of hydrogen-bond acceptors (Lipinski definition) is 2. The molecular weight excluding hydrogens is 475 g/mol. The molecule has 0 radical (unpaired) electrons. The first-order chi connectivity index (χ1) is 13.0. The molecule has 0 saturated carbocycles. The second-order valence-electron chi connectivity index (χ2n) is 7.05. The van der Waals surface area contributed by atoms with Crippen LogP contribution in [0.15, 0.2) is 35.6 Å². The summed E-state index contributed by atoms with van der Waals surface area (Å²) in [6.07, 6.45) is 6.59. The Morgan fingerprint density at radius 3 is 2.86 bits per heavy atom. The van der Waals surface area contributed by atoms with Crippen LogP contribution in [0, 0.1) is 17.6 Å². The number of guanidine groups is 1. The Bertz CT molecular complexity index is 793. The van der Waals surface area contributed by atoms with Crippen molar-refractivity contribution in [3.05, 3.63) is 53.4 Å². The third kappa shape index (κ3) is 6.15. The van der Waals surface area contributed by atoms with Crippen LogP contribution in [0.25, 0.3) is 0 Å². The van der Waals surface area contributed by atoms with Gasteiger partial charge in [0.1, 0.15) is 11.6 Å². The van der Waals surface area contributed by atoms with Gasteiger partial charge >= 0.3 is 0 Å². The van der Waals surface area contributed by atoms with Crippen molar-refractivity contribution in [2.75, 3.05) is 26.2 Å². The lowest BCUT2D eigenvalue weighted by molar-refractivity contribution is 0.460. The van der Waals surface area contributed by atoms with E-state index < -0.39 is 11.6 Å². The molecule has 1 atom stereocenters. The highest BCUT2D eigenvalue weighted by atomic mass is 127. The van der Waals surface area contributed by atoms with Gasteiger partial charge in [0.05, 0.1) is 6.20 Å². The minimum Gasteiger partial charge on any atom is -0.357 e. The average molecular weight is 503 g/mol. The smallest absolute Gasteiger partial charge is 0.193 e. The molecule has 0 amide bonds. The zero-order valence-electron chi connectivity index (χ0n) is 16.4. The first-order valence-corrected chi connectivity index (χ1v) is 9.50. The van der Waals surface area contributed by atoms with E-state index in [0.717, 1.165) is 44.5 Å². The molecule has 1 fully saturated rings. The molecule has 5 nitrogen and oxygen atoms in total. The van der Waals surface area contributed by atoms with Crippen LogP contribution < -0.4 is 5.32 Å². The second kappa shape index (κ2) is 10.7. The van der Waals surface area contributed by atoms with Gasteiger partial charge in [-0.05, 0) is 49.3 Å². The van der Waals surface area contributed by atoms with Crippen molar-refractivity contribution in [1.29, 1.82) is 0 Å². The number of aliphatic imine (C=N–C) groups is 1. The van der Waals surface area contributed by atoms with Gasteiger partial charge in [0, 0.05) is 45.5 Å². The van der Waals surface area contributed by atoms with Gasteiger partial charge in [0.15, 0.2) is 5.96 Å². The third-order valence-electron chi connectivity index (χ3n) is 4.86. The summed E-state index contributed by atoms with van der Waals surface area (Å²) in [4.78, 5) is 6.92. The third-order valence-corrected chi connectivity index (χ3v) is 4.86. The Labute approximate surface area is 182 Å². The molecule has 3 rings (SSSR count). The van der Waals surface area contributed by atoms with Gasteiger partial charge in [-0.3, -0.25) is 9.67 Å². The molecule has 154 valence electrons. The Kier molecular flexibility index (Phi) is 8.65. The molecule has 2 aromatic rings. The van der Waals surface area contributed by atoms with E-state index in [1.165, 1.54) is 17.7 Å². The van der Waals surface area contributed by atoms with Crippen molar-refractivity contribution in [2.45, 2.75) is 26.2 Å². The topological polar surface area (TPSA) is 45.5 Å². The molecule has 1 unspecified atom stereocenters. The van der Waals surface area contributed by atoms with Gasteiger partial charge in [0.2, 0.25) is 0 Å². The number of hydrogen-bond donors (Lipinski definition) is 1. The van der Waals surface area contributed by atoms with Crippen LogP contribution in [-0.2, 0) is 19.9 Å². The van der Waals surface area contributed by atoms with Gasteiger partial charge in [0.25, 0.3) is 0 Å². The molecule has 1 aliphatic heterocycles. The van der Waals surface area contributed by atoms with Crippen molar-refractivity contribution in [3.8, 4) is 0 Å². The van der Waals surface area contributed by atoms with Crippen molar-refractivity contribution in [3.63, 3.8) is 0 Å². The molecule has 8 heteroatoms. The SMILES string of the molecule is CCNC(=NCCc1ccc(F)cc1F)N1CCC(Cc2cnn(C)c2)C1.I. The van der Waals surface area contributed by atoms with E-state index in [1.54, 1.807) is 0 Å². The zero-order valence-corrected chi connectivity index (χ0v) is 18.7. The highest BCUT2D eigenvalue weighted by Gasteiger charge is 2.25. The van der Waals surface area contributed by atoms with Gasteiger partial charge in [-0.25, -0.2) is 8.78 Å². The number of likely N-dealkylation sites (tertiary alicyclic amines) is 1. The summed E-state index contributed by atoms with van der Waals surface area (Å²) in [5.74, 6) is 0.388. The summed E-state index contributed by atoms with van der Waals surface area (Å²) < 4.78 is 28.6. The number of benzene rings is 1. The van der Waals surface area contributed by atoms with Crippen LogP contribution in [0.3, 0.4) is 0 Å². The monoisotopic (exact) mass is 503 g/mol. The number of nitrogens with zero attached hydrogens (tertiary/aromatic N) is 4. The molecular formula is C20H28F2IN5. The molecule has 0 bridgehead atoms. The average Bonchev–Trinajstić information content (AvgIpc) is 3.25. The number of aromatic nitrogens is 2. The van der Waals surface area contributed by atoms with Gasteiger partial charge in [-0.2, -0.15) is 5.10 Å². The van der Waals surface area contributed by atoms with Crippen molar-refractivity contribution in [2.24, 2.45) is 18.0 Å². The lowest BCUT2D eigenvalue weighted by Crippen LogP contribution is -2.40. The first-order valence-electron chi connectivity index (χ1n) is 9.50. The fourth-order valence-electron chi connectivity index (χ4n) is 3.53. The van der Waals surface area contributed by atoms with Crippen LogP contribution in [0.2, 0.25) is 0 Å². The molecule has 2 heterocycles. The summed E-state index contributed by atoms with van der Waals surface area (Å²) in [5, 5.41) is 7.57. The largest absolute Gasteiger partial charge is 0.357 e. The quantitative estimate of drug-likeness (QED) is 0.374. The zero-order chi connectivity index (χ0) is 19.2. The first kappa shape index (κ1) is 22.6. The molecule has 0 spiro atoms. The highest BCUT2D eigenvalue weighted by Crippen LogP contribution is 2.21. The fourth-order valence-corrected chi connectivity index (χ4v) is 3.53. The van der Waals surface area contributed by atoms with E-state index in [-0.39, 0.29) is 24.0 Å². The molecule has 0 aliphatic carbocycles. The summed E-state index contributed by atoms with van der Waals surface area (Å²) in [6, 6.07) is 3.71. The lowest BCUT2D eigenvalue weighted by atomic mass is 10.0. The Balaban J connectivity index is 0.00000280. The maximum absolute atomic E-state index is 13.8. The fraction of sp³-hybridized carbons (Fsp3) is 0.500.